The largest absolute Gasteiger partial charge is 0.310 e. The van der Waals surface area contributed by atoms with E-state index in [-0.39, 0.29) is 0 Å². The number of benzene rings is 1. The Morgan fingerprint density at radius 1 is 1.26 bits per heavy atom. The van der Waals surface area contributed by atoms with Crippen LogP contribution in [-0.4, -0.2) is 43.6 Å². The Morgan fingerprint density at radius 3 is 2.58 bits per heavy atom. The lowest BCUT2D eigenvalue weighted by Gasteiger charge is -2.21. The van der Waals surface area contributed by atoms with Crippen molar-refractivity contribution >= 4 is 11.8 Å². The maximum absolute atomic E-state index is 3.61. The zero-order valence-corrected chi connectivity index (χ0v) is 13.8. The van der Waals surface area contributed by atoms with E-state index in [9.17, 15) is 0 Å². The lowest BCUT2D eigenvalue weighted by atomic mass is 10.0. The van der Waals surface area contributed by atoms with Crippen molar-refractivity contribution in [3.05, 3.63) is 34.9 Å². The van der Waals surface area contributed by atoms with Crippen molar-refractivity contribution in [3.63, 3.8) is 0 Å². The van der Waals surface area contributed by atoms with Gasteiger partial charge in [-0.05, 0) is 45.6 Å². The maximum Gasteiger partial charge on any atom is 0.0414 e. The van der Waals surface area contributed by atoms with Crippen LogP contribution in [0, 0.1) is 13.8 Å². The second-order valence-electron chi connectivity index (χ2n) is 5.35. The molecule has 3 heteroatoms. The summed E-state index contributed by atoms with van der Waals surface area (Å²) in [6.07, 6.45) is 0. The van der Waals surface area contributed by atoms with E-state index in [1.165, 1.54) is 22.4 Å². The topological polar surface area (TPSA) is 15.3 Å². The summed E-state index contributed by atoms with van der Waals surface area (Å²) in [4.78, 5) is 2.24. The Morgan fingerprint density at radius 2 is 2.00 bits per heavy atom. The number of nitrogens with one attached hydrogen (secondary N) is 1. The SMILES string of the molecule is CCNC(CSCCN(C)C)c1ccc(C)cc1C. The molecule has 1 unspecified atom stereocenters. The minimum Gasteiger partial charge on any atom is -0.310 e. The van der Waals surface area contributed by atoms with Crippen molar-refractivity contribution in [3.8, 4) is 0 Å². The summed E-state index contributed by atoms with van der Waals surface area (Å²) in [6.45, 7) is 8.73. The van der Waals surface area contributed by atoms with Crippen molar-refractivity contribution in [1.29, 1.82) is 0 Å². The van der Waals surface area contributed by atoms with Gasteiger partial charge in [-0.15, -0.1) is 0 Å². The second kappa shape index (κ2) is 8.62. The fraction of sp³-hybridized carbons (Fsp3) is 0.625. The quantitative estimate of drug-likeness (QED) is 0.736. The minimum absolute atomic E-state index is 0.470. The van der Waals surface area contributed by atoms with E-state index < -0.39 is 0 Å². The molecule has 0 heterocycles. The normalized spacial score (nSPS) is 12.9. The van der Waals surface area contributed by atoms with Gasteiger partial charge in [-0.2, -0.15) is 11.8 Å². The molecular weight excluding hydrogens is 252 g/mol. The van der Waals surface area contributed by atoms with E-state index in [1.54, 1.807) is 0 Å². The third kappa shape index (κ3) is 5.98. The van der Waals surface area contributed by atoms with Gasteiger partial charge in [-0.1, -0.05) is 30.7 Å². The van der Waals surface area contributed by atoms with E-state index in [1.807, 2.05) is 11.8 Å². The maximum atomic E-state index is 3.61. The highest BCUT2D eigenvalue weighted by Crippen LogP contribution is 2.22. The van der Waals surface area contributed by atoms with Gasteiger partial charge in [-0.3, -0.25) is 0 Å². The molecule has 0 aromatic heterocycles. The van der Waals surface area contributed by atoms with Crippen LogP contribution in [0.5, 0.6) is 0 Å². The molecule has 0 aliphatic carbocycles. The highest BCUT2D eigenvalue weighted by atomic mass is 32.2. The van der Waals surface area contributed by atoms with Gasteiger partial charge in [0, 0.05) is 24.1 Å². The molecule has 0 spiro atoms. The Labute approximate surface area is 123 Å². The molecule has 0 aliphatic rings. The van der Waals surface area contributed by atoms with E-state index in [4.69, 9.17) is 0 Å². The molecule has 2 nitrogen and oxygen atoms in total. The Hall–Kier alpha value is -0.510. The van der Waals surface area contributed by atoms with Crippen LogP contribution >= 0.6 is 11.8 Å². The molecule has 0 saturated carbocycles. The molecule has 0 amide bonds. The summed E-state index contributed by atoms with van der Waals surface area (Å²) in [5.74, 6) is 2.34. The zero-order valence-electron chi connectivity index (χ0n) is 13.0. The Kier molecular flexibility index (Phi) is 7.51. The molecule has 0 aliphatic heterocycles. The van der Waals surface area contributed by atoms with Crippen LogP contribution < -0.4 is 5.32 Å². The van der Waals surface area contributed by atoms with Gasteiger partial charge in [0.25, 0.3) is 0 Å². The molecule has 0 radical (unpaired) electrons. The van der Waals surface area contributed by atoms with E-state index in [0.29, 0.717) is 6.04 Å². The average molecular weight is 280 g/mol. The van der Waals surface area contributed by atoms with Gasteiger partial charge < -0.3 is 10.2 Å². The van der Waals surface area contributed by atoms with Crippen LogP contribution in [0.1, 0.15) is 29.7 Å². The summed E-state index contributed by atoms with van der Waals surface area (Å²) >= 11 is 2.03. The van der Waals surface area contributed by atoms with Gasteiger partial charge in [0.15, 0.2) is 0 Å². The molecule has 1 rings (SSSR count). The Bertz CT molecular complexity index is 377. The van der Waals surface area contributed by atoms with Crippen LogP contribution in [0.25, 0.3) is 0 Å². The van der Waals surface area contributed by atoms with Crippen LogP contribution in [0.15, 0.2) is 18.2 Å². The molecule has 0 bridgehead atoms. The number of nitrogens with zero attached hydrogens (tertiary/aromatic N) is 1. The van der Waals surface area contributed by atoms with E-state index in [0.717, 1.165) is 18.8 Å². The first-order chi connectivity index (χ1) is 9.04. The molecule has 1 atom stereocenters. The highest BCUT2D eigenvalue weighted by molar-refractivity contribution is 7.99. The first-order valence-electron chi connectivity index (χ1n) is 7.07. The summed E-state index contributed by atoms with van der Waals surface area (Å²) in [5.41, 5.74) is 4.20. The van der Waals surface area contributed by atoms with Crippen molar-refractivity contribution in [2.45, 2.75) is 26.8 Å². The van der Waals surface area contributed by atoms with E-state index >= 15 is 0 Å². The molecule has 19 heavy (non-hydrogen) atoms. The zero-order chi connectivity index (χ0) is 14.3. The number of hydrogen-bond donors (Lipinski definition) is 1. The van der Waals surface area contributed by atoms with Gasteiger partial charge in [0.1, 0.15) is 0 Å². The fourth-order valence-electron chi connectivity index (χ4n) is 2.17. The lowest BCUT2D eigenvalue weighted by Crippen LogP contribution is -2.24. The molecule has 1 N–H and O–H groups in total. The standard InChI is InChI=1S/C16H28N2S/c1-6-17-16(12-19-10-9-18(4)5)15-8-7-13(2)11-14(15)3/h7-8,11,16-17H,6,9-10,12H2,1-5H3. The molecular formula is C16H28N2S. The lowest BCUT2D eigenvalue weighted by molar-refractivity contribution is 0.437. The smallest absolute Gasteiger partial charge is 0.0414 e. The summed E-state index contributed by atoms with van der Waals surface area (Å²) in [5, 5.41) is 3.61. The predicted octanol–water partition coefficient (Wildman–Crippen LogP) is 3.25. The summed E-state index contributed by atoms with van der Waals surface area (Å²) in [7, 11) is 4.26. The van der Waals surface area contributed by atoms with Gasteiger partial charge in [0.05, 0.1) is 0 Å². The Balaban J connectivity index is 2.60. The summed E-state index contributed by atoms with van der Waals surface area (Å²) < 4.78 is 0. The van der Waals surface area contributed by atoms with Crippen molar-refractivity contribution < 1.29 is 0 Å². The molecule has 0 saturated heterocycles. The van der Waals surface area contributed by atoms with Gasteiger partial charge >= 0.3 is 0 Å². The van der Waals surface area contributed by atoms with Crippen molar-refractivity contribution in [1.82, 2.24) is 10.2 Å². The molecule has 1 aromatic rings. The minimum atomic E-state index is 0.470. The third-order valence-corrected chi connectivity index (χ3v) is 4.26. The first kappa shape index (κ1) is 16.5. The third-order valence-electron chi connectivity index (χ3n) is 3.22. The van der Waals surface area contributed by atoms with Gasteiger partial charge in [-0.25, -0.2) is 0 Å². The van der Waals surface area contributed by atoms with Crippen LogP contribution in [0.3, 0.4) is 0 Å². The molecule has 108 valence electrons. The first-order valence-corrected chi connectivity index (χ1v) is 8.23. The number of rotatable bonds is 8. The predicted molar refractivity (Wildman–Crippen MR) is 88.2 cm³/mol. The molecule has 0 fully saturated rings. The monoisotopic (exact) mass is 280 g/mol. The number of aryl methyl sites for hydroxylation is 2. The van der Waals surface area contributed by atoms with Gasteiger partial charge in [0.2, 0.25) is 0 Å². The molecule has 1 aromatic carbocycles. The highest BCUT2D eigenvalue weighted by Gasteiger charge is 2.12. The fourth-order valence-corrected chi connectivity index (χ4v) is 3.36. The average Bonchev–Trinajstić information content (AvgIpc) is 2.33. The summed E-state index contributed by atoms with van der Waals surface area (Å²) in [6, 6.07) is 7.25. The van der Waals surface area contributed by atoms with Crippen LogP contribution in [0.2, 0.25) is 0 Å². The van der Waals surface area contributed by atoms with Crippen molar-refractivity contribution in [2.24, 2.45) is 0 Å². The van der Waals surface area contributed by atoms with Crippen LogP contribution in [0.4, 0.5) is 0 Å². The number of hydrogen-bond acceptors (Lipinski definition) is 3. The van der Waals surface area contributed by atoms with Crippen LogP contribution in [-0.2, 0) is 0 Å². The van der Waals surface area contributed by atoms with Crippen molar-refractivity contribution in [2.75, 3.05) is 38.7 Å². The van der Waals surface area contributed by atoms with E-state index in [2.05, 4.69) is 63.3 Å². The second-order valence-corrected chi connectivity index (χ2v) is 6.50. The number of thioether (sulfide) groups is 1.